The lowest BCUT2D eigenvalue weighted by Crippen LogP contribution is -2.17. The normalized spacial score (nSPS) is 13.0. The van der Waals surface area contributed by atoms with Gasteiger partial charge in [-0.05, 0) is 19.8 Å². The van der Waals surface area contributed by atoms with Crippen LogP contribution in [0.1, 0.15) is 46.5 Å². The molecule has 0 N–H and O–H groups in total. The summed E-state index contributed by atoms with van der Waals surface area (Å²) in [5, 5.41) is 0. The van der Waals surface area contributed by atoms with Gasteiger partial charge in [0.05, 0.1) is 13.2 Å². The summed E-state index contributed by atoms with van der Waals surface area (Å²) in [4.78, 5) is 0. The smallest absolute Gasteiger partial charge is 0.154 e. The van der Waals surface area contributed by atoms with E-state index in [-0.39, 0.29) is 6.29 Å². The highest BCUT2D eigenvalue weighted by Gasteiger charge is 2.00. The van der Waals surface area contributed by atoms with E-state index in [9.17, 15) is 0 Å². The highest BCUT2D eigenvalue weighted by Crippen LogP contribution is 1.97. The fourth-order valence-electron chi connectivity index (χ4n) is 1.06. The van der Waals surface area contributed by atoms with Crippen LogP contribution in [-0.2, 0) is 14.2 Å². The highest BCUT2D eigenvalue weighted by molar-refractivity contribution is 4.37. The maximum Gasteiger partial charge on any atom is 0.154 e. The molecule has 0 heterocycles. The summed E-state index contributed by atoms with van der Waals surface area (Å²) in [5.74, 6) is 0. The maximum absolute atomic E-state index is 5.43. The third-order valence-electron chi connectivity index (χ3n) is 2.07. The van der Waals surface area contributed by atoms with Gasteiger partial charge in [0, 0.05) is 13.2 Å². The van der Waals surface area contributed by atoms with Crippen molar-refractivity contribution in [2.75, 3.05) is 26.4 Å². The van der Waals surface area contributed by atoms with E-state index >= 15 is 0 Å². The van der Waals surface area contributed by atoms with Gasteiger partial charge in [-0.1, -0.05) is 26.7 Å². The van der Waals surface area contributed by atoms with E-state index in [1.54, 1.807) is 0 Å². The molecule has 0 aliphatic rings. The van der Waals surface area contributed by atoms with E-state index in [0.717, 1.165) is 32.5 Å². The van der Waals surface area contributed by atoms with E-state index in [1.165, 1.54) is 6.42 Å². The Morgan fingerprint density at radius 2 is 1.40 bits per heavy atom. The zero-order valence-electron chi connectivity index (χ0n) is 10.5. The minimum atomic E-state index is -0.105. The summed E-state index contributed by atoms with van der Waals surface area (Å²) in [6.07, 6.45) is 4.46. The molecule has 0 aromatic carbocycles. The van der Waals surface area contributed by atoms with Gasteiger partial charge in [-0.25, -0.2) is 0 Å². The lowest BCUT2D eigenvalue weighted by atomic mass is 10.4. The van der Waals surface area contributed by atoms with Crippen molar-refractivity contribution in [3.05, 3.63) is 0 Å². The second-order valence-corrected chi connectivity index (χ2v) is 3.63. The first-order valence-corrected chi connectivity index (χ1v) is 6.12. The molecular formula is C12H26O3. The Morgan fingerprint density at radius 3 is 2.07 bits per heavy atom. The molecule has 0 aromatic rings. The fraction of sp³-hybridized carbons (Fsp3) is 1.00. The second kappa shape index (κ2) is 12.0. The van der Waals surface area contributed by atoms with Crippen LogP contribution >= 0.6 is 0 Å². The maximum atomic E-state index is 5.43. The molecule has 0 aliphatic carbocycles. The van der Waals surface area contributed by atoms with Gasteiger partial charge >= 0.3 is 0 Å². The lowest BCUT2D eigenvalue weighted by Gasteiger charge is -2.13. The number of hydrogen-bond donors (Lipinski definition) is 0. The quantitative estimate of drug-likeness (QED) is 0.394. The Labute approximate surface area is 94.1 Å². The van der Waals surface area contributed by atoms with Crippen LogP contribution in [0.2, 0.25) is 0 Å². The zero-order chi connectivity index (χ0) is 11.4. The van der Waals surface area contributed by atoms with Gasteiger partial charge in [0.25, 0.3) is 0 Å². The Kier molecular flexibility index (Phi) is 11.9. The molecular weight excluding hydrogens is 192 g/mol. The Morgan fingerprint density at radius 1 is 0.800 bits per heavy atom. The van der Waals surface area contributed by atoms with Crippen LogP contribution in [0.4, 0.5) is 0 Å². The molecule has 0 amide bonds. The van der Waals surface area contributed by atoms with Crippen LogP contribution in [0.25, 0.3) is 0 Å². The van der Waals surface area contributed by atoms with Crippen LogP contribution in [-0.4, -0.2) is 32.7 Å². The number of ether oxygens (including phenoxy) is 3. The van der Waals surface area contributed by atoms with Crippen LogP contribution < -0.4 is 0 Å². The van der Waals surface area contributed by atoms with Gasteiger partial charge in [0.15, 0.2) is 6.29 Å². The van der Waals surface area contributed by atoms with E-state index in [0.29, 0.717) is 13.2 Å². The minimum absolute atomic E-state index is 0.105. The Balaban J connectivity index is 3.06. The second-order valence-electron chi connectivity index (χ2n) is 3.63. The first kappa shape index (κ1) is 14.9. The molecule has 15 heavy (non-hydrogen) atoms. The molecule has 3 nitrogen and oxygen atoms in total. The first-order chi connectivity index (χ1) is 7.31. The third-order valence-corrected chi connectivity index (χ3v) is 2.07. The molecule has 0 fully saturated rings. The highest BCUT2D eigenvalue weighted by atomic mass is 16.7. The van der Waals surface area contributed by atoms with Crippen LogP contribution in [0.15, 0.2) is 0 Å². The van der Waals surface area contributed by atoms with Crippen molar-refractivity contribution < 1.29 is 14.2 Å². The van der Waals surface area contributed by atoms with Crippen LogP contribution in [0.5, 0.6) is 0 Å². The molecule has 0 saturated carbocycles. The fourth-order valence-corrected chi connectivity index (χ4v) is 1.06. The van der Waals surface area contributed by atoms with Crippen molar-refractivity contribution in [3.8, 4) is 0 Å². The molecule has 0 saturated heterocycles. The largest absolute Gasteiger partial charge is 0.379 e. The van der Waals surface area contributed by atoms with Gasteiger partial charge in [-0.3, -0.25) is 0 Å². The van der Waals surface area contributed by atoms with Gasteiger partial charge in [0.1, 0.15) is 0 Å². The average molecular weight is 218 g/mol. The summed E-state index contributed by atoms with van der Waals surface area (Å²) in [7, 11) is 0. The molecule has 92 valence electrons. The Bertz CT molecular complexity index is 117. The minimum Gasteiger partial charge on any atom is -0.379 e. The summed E-state index contributed by atoms with van der Waals surface area (Å²) in [5.41, 5.74) is 0. The molecule has 0 radical (unpaired) electrons. The third kappa shape index (κ3) is 11.8. The van der Waals surface area contributed by atoms with E-state index in [2.05, 4.69) is 13.8 Å². The molecule has 0 bridgehead atoms. The Hall–Kier alpha value is -0.120. The molecule has 0 spiro atoms. The van der Waals surface area contributed by atoms with Crippen molar-refractivity contribution in [1.82, 2.24) is 0 Å². The van der Waals surface area contributed by atoms with Gasteiger partial charge in [-0.15, -0.1) is 0 Å². The van der Waals surface area contributed by atoms with E-state index in [1.807, 2.05) is 6.92 Å². The topological polar surface area (TPSA) is 27.7 Å². The lowest BCUT2D eigenvalue weighted by molar-refractivity contribution is -0.139. The number of hydrogen-bond acceptors (Lipinski definition) is 3. The van der Waals surface area contributed by atoms with E-state index in [4.69, 9.17) is 14.2 Å². The standard InChI is InChI=1S/C12H26O3/c1-4-6-8-13-10-11-15-12(3)14-9-7-5-2/h12H,4-11H2,1-3H3. The summed E-state index contributed by atoms with van der Waals surface area (Å²) < 4.78 is 16.2. The summed E-state index contributed by atoms with van der Waals surface area (Å²) >= 11 is 0. The molecule has 3 heteroatoms. The van der Waals surface area contributed by atoms with E-state index < -0.39 is 0 Å². The number of unbranched alkanes of at least 4 members (excludes halogenated alkanes) is 2. The molecule has 1 unspecified atom stereocenters. The van der Waals surface area contributed by atoms with Crippen molar-refractivity contribution in [1.29, 1.82) is 0 Å². The van der Waals surface area contributed by atoms with Gasteiger partial charge < -0.3 is 14.2 Å². The summed E-state index contributed by atoms with van der Waals surface area (Å²) in [6.45, 7) is 9.15. The van der Waals surface area contributed by atoms with Crippen molar-refractivity contribution >= 4 is 0 Å². The molecule has 0 aromatic heterocycles. The summed E-state index contributed by atoms with van der Waals surface area (Å²) in [6, 6.07) is 0. The number of rotatable bonds is 11. The SMILES string of the molecule is CCCCOCCOC(C)OCCCC. The van der Waals surface area contributed by atoms with Crippen molar-refractivity contribution in [3.63, 3.8) is 0 Å². The van der Waals surface area contributed by atoms with Crippen LogP contribution in [0, 0.1) is 0 Å². The van der Waals surface area contributed by atoms with Gasteiger partial charge in [-0.2, -0.15) is 0 Å². The predicted molar refractivity (Wildman–Crippen MR) is 62.0 cm³/mol. The average Bonchev–Trinajstić information content (AvgIpc) is 2.23. The predicted octanol–water partition coefficient (Wildman–Crippen LogP) is 2.98. The molecule has 1 atom stereocenters. The van der Waals surface area contributed by atoms with Crippen LogP contribution in [0.3, 0.4) is 0 Å². The first-order valence-electron chi connectivity index (χ1n) is 6.12. The monoisotopic (exact) mass is 218 g/mol. The van der Waals surface area contributed by atoms with Crippen molar-refractivity contribution in [2.24, 2.45) is 0 Å². The van der Waals surface area contributed by atoms with Gasteiger partial charge in [0.2, 0.25) is 0 Å². The van der Waals surface area contributed by atoms with Crippen molar-refractivity contribution in [2.45, 2.75) is 52.7 Å². The zero-order valence-corrected chi connectivity index (χ0v) is 10.5. The molecule has 0 aliphatic heterocycles. The molecule has 0 rings (SSSR count).